The van der Waals surface area contributed by atoms with E-state index >= 15 is 0 Å². The summed E-state index contributed by atoms with van der Waals surface area (Å²) in [7, 11) is 0. The number of hydrogen-bond acceptors (Lipinski definition) is 0. The first kappa shape index (κ1) is 21.6. The Morgan fingerprint density at radius 1 is 0.667 bits per heavy atom. The van der Waals surface area contributed by atoms with Crippen molar-refractivity contribution in [1.82, 2.24) is 0 Å². The van der Waals surface area contributed by atoms with Gasteiger partial charge in [-0.15, -0.1) is 0 Å². The second-order valence-electron chi connectivity index (χ2n) is 6.64. The molecular formula is C23H15F7. The Morgan fingerprint density at radius 3 is 1.70 bits per heavy atom. The first-order chi connectivity index (χ1) is 14.2. The lowest BCUT2D eigenvalue weighted by atomic mass is 9.99. The summed E-state index contributed by atoms with van der Waals surface area (Å²) in [6.07, 6.45) is 1.76. The van der Waals surface area contributed by atoms with E-state index in [-0.39, 0.29) is 17.7 Å². The van der Waals surface area contributed by atoms with Crippen LogP contribution in [0, 0.1) is 29.1 Å². The Hall–Kier alpha value is -3.09. The van der Waals surface area contributed by atoms with Crippen molar-refractivity contribution in [2.24, 2.45) is 0 Å². The molecule has 0 bridgehead atoms. The largest absolute Gasteiger partial charge is 0.206 e. The maximum Gasteiger partial charge on any atom is 0.194 e. The van der Waals surface area contributed by atoms with Gasteiger partial charge in [-0.05, 0) is 47.4 Å². The van der Waals surface area contributed by atoms with E-state index in [1.165, 1.54) is 0 Å². The molecule has 3 aromatic rings. The van der Waals surface area contributed by atoms with Crippen molar-refractivity contribution in [1.29, 1.82) is 0 Å². The van der Waals surface area contributed by atoms with Gasteiger partial charge in [-0.2, -0.15) is 0 Å². The van der Waals surface area contributed by atoms with Crippen LogP contribution in [0.3, 0.4) is 0 Å². The molecule has 156 valence electrons. The van der Waals surface area contributed by atoms with Crippen molar-refractivity contribution in [3.8, 4) is 11.1 Å². The summed E-state index contributed by atoms with van der Waals surface area (Å²) in [5, 5.41) is 0. The molecule has 30 heavy (non-hydrogen) atoms. The highest BCUT2D eigenvalue weighted by atomic mass is 19.2. The molecule has 7 heteroatoms. The van der Waals surface area contributed by atoms with Crippen LogP contribution in [0.4, 0.5) is 30.7 Å². The maximum atomic E-state index is 14.5. The summed E-state index contributed by atoms with van der Waals surface area (Å²) in [5.41, 5.74) is -0.758. The van der Waals surface area contributed by atoms with Gasteiger partial charge < -0.3 is 0 Å². The van der Waals surface area contributed by atoms with Crippen molar-refractivity contribution in [3.63, 3.8) is 0 Å². The minimum atomic E-state index is -2.00. The molecule has 0 N–H and O–H groups in total. The molecule has 0 saturated heterocycles. The average Bonchev–Trinajstić information content (AvgIpc) is 2.71. The number of halogens is 7. The third kappa shape index (κ3) is 4.25. The third-order valence-corrected chi connectivity index (χ3v) is 4.52. The second-order valence-corrected chi connectivity index (χ2v) is 6.64. The predicted molar refractivity (Wildman–Crippen MR) is 101 cm³/mol. The van der Waals surface area contributed by atoms with Gasteiger partial charge in [0.2, 0.25) is 0 Å². The molecule has 0 aliphatic heterocycles. The van der Waals surface area contributed by atoms with Crippen molar-refractivity contribution >= 4 is 11.7 Å². The van der Waals surface area contributed by atoms with Crippen LogP contribution in [-0.4, -0.2) is 0 Å². The molecule has 0 heterocycles. The molecule has 0 aliphatic rings. The minimum absolute atomic E-state index is 0.101. The highest BCUT2D eigenvalue weighted by Crippen LogP contribution is 2.35. The molecule has 0 spiro atoms. The fourth-order valence-corrected chi connectivity index (χ4v) is 3.02. The molecule has 0 unspecified atom stereocenters. The van der Waals surface area contributed by atoms with Crippen LogP contribution >= 0.6 is 0 Å². The van der Waals surface area contributed by atoms with Crippen LogP contribution in [0.25, 0.3) is 22.8 Å². The molecule has 0 amide bonds. The zero-order valence-electron chi connectivity index (χ0n) is 15.7. The minimum Gasteiger partial charge on any atom is -0.206 e. The Morgan fingerprint density at radius 2 is 1.20 bits per heavy atom. The van der Waals surface area contributed by atoms with Crippen LogP contribution in [0.1, 0.15) is 30.0 Å². The van der Waals surface area contributed by atoms with Gasteiger partial charge in [-0.1, -0.05) is 37.6 Å². The standard InChI is InChI=1S/C23H15F7/c1-2-3-12-4-6-13(7-5-12)14-8-16(24)20(17(25)9-14)23(30)21(28)15-10-18(26)22(29)19(27)11-15/h4-11H,2-3H2,1H3. The third-order valence-electron chi connectivity index (χ3n) is 4.52. The van der Waals surface area contributed by atoms with E-state index in [0.29, 0.717) is 5.56 Å². The van der Waals surface area contributed by atoms with Gasteiger partial charge in [-0.3, -0.25) is 0 Å². The van der Waals surface area contributed by atoms with Gasteiger partial charge in [0.05, 0.1) is 5.56 Å². The lowest BCUT2D eigenvalue weighted by Gasteiger charge is -2.09. The van der Waals surface area contributed by atoms with Crippen LogP contribution < -0.4 is 0 Å². The summed E-state index contributed by atoms with van der Waals surface area (Å²) in [6, 6.07) is 8.91. The van der Waals surface area contributed by atoms with Gasteiger partial charge >= 0.3 is 0 Å². The lowest BCUT2D eigenvalue weighted by molar-refractivity contribution is 0.446. The maximum absolute atomic E-state index is 14.5. The van der Waals surface area contributed by atoms with E-state index in [1.54, 1.807) is 24.3 Å². The Labute approximate surface area is 168 Å². The normalized spacial score (nSPS) is 12.1. The summed E-state index contributed by atoms with van der Waals surface area (Å²) < 4.78 is 97.2. The first-order valence-electron chi connectivity index (χ1n) is 9.01. The molecule has 3 rings (SSSR count). The molecular weight excluding hydrogens is 409 g/mol. The summed E-state index contributed by atoms with van der Waals surface area (Å²) >= 11 is 0. The molecule has 0 nitrogen and oxygen atoms in total. The fraction of sp³-hybridized carbons (Fsp3) is 0.130. The monoisotopic (exact) mass is 424 g/mol. The number of benzene rings is 3. The van der Waals surface area contributed by atoms with E-state index in [2.05, 4.69) is 0 Å². The average molecular weight is 424 g/mol. The number of rotatable bonds is 5. The highest BCUT2D eigenvalue weighted by Gasteiger charge is 2.23. The van der Waals surface area contributed by atoms with Gasteiger partial charge in [0.1, 0.15) is 11.6 Å². The molecule has 3 aromatic carbocycles. The molecule has 0 fully saturated rings. The van der Waals surface area contributed by atoms with E-state index < -0.39 is 51.9 Å². The lowest BCUT2D eigenvalue weighted by Crippen LogP contribution is -1.98. The summed E-state index contributed by atoms with van der Waals surface area (Å²) in [5.74, 6) is -12.1. The van der Waals surface area contributed by atoms with Crippen molar-refractivity contribution in [3.05, 3.63) is 94.3 Å². The first-order valence-corrected chi connectivity index (χ1v) is 9.01. The Kier molecular flexibility index (Phi) is 6.29. The van der Waals surface area contributed by atoms with E-state index in [1.807, 2.05) is 6.92 Å². The van der Waals surface area contributed by atoms with Crippen LogP contribution in [0.5, 0.6) is 0 Å². The molecule has 0 atom stereocenters. The summed E-state index contributed by atoms with van der Waals surface area (Å²) in [6.45, 7) is 2.01. The van der Waals surface area contributed by atoms with Gasteiger partial charge in [0.25, 0.3) is 0 Å². The number of aryl methyl sites for hydroxylation is 1. The van der Waals surface area contributed by atoms with Crippen LogP contribution in [0.15, 0.2) is 48.5 Å². The van der Waals surface area contributed by atoms with Gasteiger partial charge in [0, 0.05) is 5.56 Å². The van der Waals surface area contributed by atoms with E-state index in [0.717, 1.165) is 30.5 Å². The topological polar surface area (TPSA) is 0 Å². The second kappa shape index (κ2) is 8.73. The smallest absolute Gasteiger partial charge is 0.194 e. The van der Waals surface area contributed by atoms with E-state index in [4.69, 9.17) is 0 Å². The molecule has 0 saturated carbocycles. The molecule has 0 aromatic heterocycles. The Balaban J connectivity index is 2.03. The van der Waals surface area contributed by atoms with Crippen molar-refractivity contribution < 1.29 is 30.7 Å². The zero-order valence-corrected chi connectivity index (χ0v) is 15.7. The number of hydrogen-bond donors (Lipinski definition) is 0. The SMILES string of the molecule is CCCc1ccc(-c2cc(F)c(C(F)=C(F)c3cc(F)c(F)c(F)c3)c(F)c2)cc1. The fourth-order valence-electron chi connectivity index (χ4n) is 3.02. The van der Waals surface area contributed by atoms with E-state index in [9.17, 15) is 30.7 Å². The van der Waals surface area contributed by atoms with Crippen LogP contribution in [-0.2, 0) is 6.42 Å². The van der Waals surface area contributed by atoms with Gasteiger partial charge in [0.15, 0.2) is 29.1 Å². The Bertz CT molecular complexity index is 1070. The van der Waals surface area contributed by atoms with Crippen molar-refractivity contribution in [2.45, 2.75) is 19.8 Å². The predicted octanol–water partition coefficient (Wildman–Crippen LogP) is 7.77. The quantitative estimate of drug-likeness (QED) is 0.223. The van der Waals surface area contributed by atoms with Crippen molar-refractivity contribution in [2.75, 3.05) is 0 Å². The zero-order chi connectivity index (χ0) is 22.0. The summed E-state index contributed by atoms with van der Waals surface area (Å²) in [4.78, 5) is 0. The van der Waals surface area contributed by atoms with Gasteiger partial charge in [-0.25, -0.2) is 30.7 Å². The highest BCUT2D eigenvalue weighted by molar-refractivity contribution is 5.84. The molecule has 0 radical (unpaired) electrons. The van der Waals surface area contributed by atoms with Crippen LogP contribution in [0.2, 0.25) is 0 Å². The molecule has 0 aliphatic carbocycles.